The van der Waals surface area contributed by atoms with Gasteiger partial charge in [0.2, 0.25) is 17.7 Å². The van der Waals surface area contributed by atoms with E-state index in [0.717, 1.165) is 0 Å². The van der Waals surface area contributed by atoms with E-state index in [9.17, 15) is 48.1 Å². The minimum atomic E-state index is -5.77. The van der Waals surface area contributed by atoms with Crippen molar-refractivity contribution >= 4 is 80.8 Å². The van der Waals surface area contributed by atoms with E-state index in [-0.39, 0.29) is 35.3 Å². The van der Waals surface area contributed by atoms with E-state index in [1.807, 2.05) is 22.6 Å². The number of hydrogen-bond donors (Lipinski definition) is 8. The van der Waals surface area contributed by atoms with Crippen molar-refractivity contribution in [2.24, 2.45) is 0 Å². The second-order valence-electron chi connectivity index (χ2n) is 11.9. The second-order valence-corrected chi connectivity index (χ2v) is 17.1. The molecule has 3 amide bonds. The number of anilines is 1. The fourth-order valence-electron chi connectivity index (χ4n) is 5.03. The number of phosphoric acid groups is 3. The van der Waals surface area contributed by atoms with E-state index in [1.165, 1.54) is 17.2 Å². The van der Waals surface area contributed by atoms with Crippen LogP contribution in [0.4, 0.5) is 5.82 Å². The number of carbonyl (C=O) groups is 3. The Morgan fingerprint density at radius 1 is 0.889 bits per heavy atom. The van der Waals surface area contributed by atoms with Crippen molar-refractivity contribution in [3.8, 4) is 0 Å². The number of alkyl halides is 1. The minimum Gasteiger partial charge on any atom is -0.387 e. The third kappa shape index (κ3) is 14.7. The topological polar surface area (TPSA) is 335 Å². The fourth-order valence-corrected chi connectivity index (χ4v) is 8.32. The number of phosphoric ester groups is 1. The quantitative estimate of drug-likeness (QED) is 0.0315. The van der Waals surface area contributed by atoms with Gasteiger partial charge in [0.15, 0.2) is 23.2 Å². The van der Waals surface area contributed by atoms with Crippen LogP contribution in [0.15, 0.2) is 12.7 Å². The number of unbranched alkanes of at least 4 members (excludes halogenated alkanes) is 1. The Kier molecular flexibility index (Phi) is 17.8. The first-order valence-electron chi connectivity index (χ1n) is 16.3. The number of nitrogens with zero attached hydrogens (tertiary/aromatic N) is 6. The van der Waals surface area contributed by atoms with Crippen LogP contribution in [0, 0.1) is 0 Å². The summed E-state index contributed by atoms with van der Waals surface area (Å²) in [5, 5.41) is 27.0. The zero-order valence-corrected chi connectivity index (χ0v) is 34.0. The van der Waals surface area contributed by atoms with Gasteiger partial charge in [0, 0.05) is 53.1 Å². The van der Waals surface area contributed by atoms with Gasteiger partial charge >= 0.3 is 23.5 Å². The van der Waals surface area contributed by atoms with Crippen LogP contribution in [0.1, 0.15) is 44.8 Å². The molecule has 1 aliphatic heterocycles. The van der Waals surface area contributed by atoms with Crippen molar-refractivity contribution in [2.75, 3.05) is 56.6 Å². The third-order valence-corrected chi connectivity index (χ3v) is 12.2. The number of rotatable bonds is 23. The van der Waals surface area contributed by atoms with E-state index in [2.05, 4.69) is 38.7 Å². The van der Waals surface area contributed by atoms with Gasteiger partial charge < -0.3 is 55.0 Å². The average molecular weight is 945 g/mol. The van der Waals surface area contributed by atoms with Crippen LogP contribution in [-0.4, -0.2) is 146 Å². The average Bonchev–Trinajstić information content (AvgIpc) is 3.64. The van der Waals surface area contributed by atoms with Crippen molar-refractivity contribution in [1.82, 2.24) is 34.6 Å². The lowest BCUT2D eigenvalue weighted by molar-refractivity contribution is -0.131. The van der Waals surface area contributed by atoms with Crippen LogP contribution in [-0.2, 0) is 46.0 Å². The number of carbonyl (C=O) groups excluding carboxylic acids is 3. The number of imidazole rings is 1. The zero-order valence-electron chi connectivity index (χ0n) is 29.1. The van der Waals surface area contributed by atoms with Gasteiger partial charge in [-0.15, -0.1) is 0 Å². The first-order chi connectivity index (χ1) is 25.2. The molecule has 1 saturated heterocycles. The van der Waals surface area contributed by atoms with E-state index in [4.69, 9.17) is 14.5 Å². The first kappa shape index (κ1) is 46.2. The Bertz CT molecular complexity index is 1740. The van der Waals surface area contributed by atoms with Crippen molar-refractivity contribution < 1.29 is 75.7 Å². The predicted octanol–water partition coefficient (Wildman–Crippen LogP) is 0.00930. The highest BCUT2D eigenvalue weighted by Crippen LogP contribution is 2.66. The monoisotopic (exact) mass is 944 g/mol. The molecule has 3 rings (SSSR count). The van der Waals surface area contributed by atoms with Gasteiger partial charge in [-0.05, 0) is 25.7 Å². The highest BCUT2D eigenvalue weighted by molar-refractivity contribution is 14.1. The molecular weight excluding hydrogens is 900 g/mol. The van der Waals surface area contributed by atoms with E-state index < -0.39 is 54.6 Å². The molecule has 0 aliphatic carbocycles. The summed E-state index contributed by atoms with van der Waals surface area (Å²) in [6, 6.07) is 0. The molecule has 2 aromatic heterocycles. The first-order valence-corrected chi connectivity index (χ1v) is 22.3. The molecule has 2 aromatic rings. The molecule has 0 spiro atoms. The third-order valence-electron chi connectivity index (χ3n) is 7.75. The number of aliphatic hydroxyl groups is 2. The summed E-state index contributed by atoms with van der Waals surface area (Å²) in [7, 11) is -13.5. The number of fused-ring (bicyclic) bond motifs is 1. The summed E-state index contributed by atoms with van der Waals surface area (Å²) in [6.45, 7) is 0.857. The molecule has 3 heterocycles. The van der Waals surface area contributed by atoms with Crippen LogP contribution < -0.4 is 10.6 Å². The molecule has 0 saturated carbocycles. The summed E-state index contributed by atoms with van der Waals surface area (Å²) in [6.07, 6.45) is -0.833. The number of halogens is 1. The number of amides is 3. The van der Waals surface area contributed by atoms with E-state index >= 15 is 0 Å². The molecule has 54 heavy (non-hydrogen) atoms. The summed E-state index contributed by atoms with van der Waals surface area (Å²) < 4.78 is 53.4. The van der Waals surface area contributed by atoms with Crippen molar-refractivity contribution in [3.63, 3.8) is 0 Å². The Morgan fingerprint density at radius 2 is 1.50 bits per heavy atom. The standard InChI is InChI=1S/C26H44IN8O16P3/c1-33(19(37)7-5-9-28-18(36)13-27)11-3-4-12-34(2)20(38)8-6-10-29-24-21-25(31-15-30-24)35(16-32-21)26-23(40)22(39)17(49-26)14-48-53(44,45)51-54(46,47)50-52(41,42)43/h15-17,22-23,26,39-40H,3-14H2,1-2H3,(H,28,36)(H,44,45)(H,46,47)(H,29,30,31)(H2,41,42,43). The largest absolute Gasteiger partial charge is 0.490 e. The second kappa shape index (κ2) is 20.8. The predicted molar refractivity (Wildman–Crippen MR) is 194 cm³/mol. The smallest absolute Gasteiger partial charge is 0.387 e. The van der Waals surface area contributed by atoms with Crippen LogP contribution in [0.2, 0.25) is 0 Å². The molecule has 6 atom stereocenters. The van der Waals surface area contributed by atoms with Gasteiger partial charge in [-0.25, -0.2) is 28.6 Å². The maximum Gasteiger partial charge on any atom is 0.490 e. The number of ether oxygens (including phenoxy) is 1. The molecule has 306 valence electrons. The van der Waals surface area contributed by atoms with Crippen LogP contribution >= 0.6 is 46.1 Å². The summed E-state index contributed by atoms with van der Waals surface area (Å²) in [5.74, 6) is 0.156. The molecule has 8 N–H and O–H groups in total. The van der Waals surface area contributed by atoms with Gasteiger partial charge in [0.1, 0.15) is 24.6 Å². The Morgan fingerprint density at radius 3 is 2.09 bits per heavy atom. The lowest BCUT2D eigenvalue weighted by Gasteiger charge is -2.20. The van der Waals surface area contributed by atoms with Gasteiger partial charge in [0.05, 0.1) is 17.4 Å². The lowest BCUT2D eigenvalue weighted by Crippen LogP contribution is -2.33. The van der Waals surface area contributed by atoms with Crippen molar-refractivity contribution in [3.05, 3.63) is 12.7 Å². The fraction of sp³-hybridized carbons (Fsp3) is 0.692. The molecule has 1 aliphatic rings. The number of aliphatic hydroxyl groups excluding tert-OH is 2. The number of nitrogens with one attached hydrogen (secondary N) is 2. The van der Waals surface area contributed by atoms with Gasteiger partial charge in [-0.1, -0.05) is 22.6 Å². The molecule has 0 bridgehead atoms. The maximum absolute atomic E-state index is 12.7. The molecule has 28 heteroatoms. The normalized spacial score (nSPS) is 21.0. The highest BCUT2D eigenvalue weighted by atomic mass is 127. The number of aromatic nitrogens is 4. The van der Waals surface area contributed by atoms with Gasteiger partial charge in [-0.2, -0.15) is 8.62 Å². The van der Waals surface area contributed by atoms with Crippen LogP contribution in [0.3, 0.4) is 0 Å². The van der Waals surface area contributed by atoms with E-state index in [1.54, 1.807) is 23.9 Å². The Balaban J connectivity index is 1.43. The molecule has 0 aromatic carbocycles. The minimum absolute atomic E-state index is 0.00563. The summed E-state index contributed by atoms with van der Waals surface area (Å²) >= 11 is 1.97. The lowest BCUT2D eigenvalue weighted by atomic mass is 10.1. The SMILES string of the molecule is CN(CCCCN(C)C(=O)CCCNc1ncnc2c1ncn2C1OC(COP(=O)(O)OP(=O)(O)OP(=O)(O)O)C(O)C1O)C(=O)CCCNC(=O)CI. The molecule has 1 fully saturated rings. The highest BCUT2D eigenvalue weighted by Gasteiger charge is 2.47. The molecule has 0 radical (unpaired) electrons. The van der Waals surface area contributed by atoms with Crippen molar-refractivity contribution in [1.29, 1.82) is 0 Å². The Labute approximate surface area is 322 Å². The Hall–Kier alpha value is -2.22. The summed E-state index contributed by atoms with van der Waals surface area (Å²) in [4.78, 5) is 88.4. The van der Waals surface area contributed by atoms with Gasteiger partial charge in [-0.3, -0.25) is 23.5 Å². The van der Waals surface area contributed by atoms with E-state index in [0.29, 0.717) is 68.5 Å². The van der Waals surface area contributed by atoms with Gasteiger partial charge in [0.25, 0.3) is 0 Å². The maximum atomic E-state index is 12.7. The zero-order chi connectivity index (χ0) is 40.3. The molecule has 24 nitrogen and oxygen atoms in total. The summed E-state index contributed by atoms with van der Waals surface area (Å²) in [5.41, 5.74) is 0.398. The number of hydrogen-bond acceptors (Lipinski definition) is 16. The van der Waals surface area contributed by atoms with Crippen molar-refractivity contribution in [2.45, 2.75) is 63.1 Å². The van der Waals surface area contributed by atoms with Crippen LogP contribution in [0.25, 0.3) is 11.2 Å². The molecular formula is C26H44IN8O16P3. The van der Waals surface area contributed by atoms with Crippen LogP contribution in [0.5, 0.6) is 0 Å². The molecule has 6 unspecified atom stereocenters.